The van der Waals surface area contributed by atoms with Crippen molar-refractivity contribution in [2.45, 2.75) is 166 Å². The van der Waals surface area contributed by atoms with E-state index in [1.54, 1.807) is 23.5 Å². The second-order valence-electron chi connectivity index (χ2n) is 14.0. The maximum absolute atomic E-state index is 12.0. The zero-order chi connectivity index (χ0) is 36.1. The van der Waals surface area contributed by atoms with Crippen LogP contribution in [0.1, 0.15) is 147 Å². The van der Waals surface area contributed by atoms with Gasteiger partial charge in [-0.1, -0.05) is 132 Å². The van der Waals surface area contributed by atoms with Gasteiger partial charge in [0, 0.05) is 25.4 Å². The first-order valence-corrected chi connectivity index (χ1v) is 21.9. The average Bonchev–Trinajstić information content (AvgIpc) is 3.79. The highest BCUT2D eigenvalue weighted by Crippen LogP contribution is 2.21. The van der Waals surface area contributed by atoms with Crippen LogP contribution in [0, 0.1) is 12.8 Å². The van der Waals surface area contributed by atoms with E-state index in [0.717, 1.165) is 57.6 Å². The Hall–Kier alpha value is -1.85. The fourth-order valence-corrected chi connectivity index (χ4v) is 7.21. The third-order valence-electron chi connectivity index (χ3n) is 9.22. The van der Waals surface area contributed by atoms with Crippen molar-refractivity contribution in [1.29, 1.82) is 0 Å². The number of aryl methyl sites for hydroxylation is 2. The van der Waals surface area contributed by atoms with E-state index in [-0.39, 0.29) is 17.0 Å². The minimum Gasteiger partial charge on any atom is -0.744 e. The number of aromatic nitrogens is 1. The van der Waals surface area contributed by atoms with E-state index in [1.165, 1.54) is 115 Å². The molecule has 0 radical (unpaired) electrons. The zero-order valence-corrected chi connectivity index (χ0v) is 32.8. The van der Waals surface area contributed by atoms with Crippen LogP contribution in [0.4, 0.5) is 0 Å². The first-order valence-electron chi connectivity index (χ1n) is 19.6. The van der Waals surface area contributed by atoms with Crippen molar-refractivity contribution < 1.29 is 36.5 Å². The van der Waals surface area contributed by atoms with Crippen molar-refractivity contribution >= 4 is 27.4 Å². The Labute approximate surface area is 308 Å². The molecule has 1 fully saturated rings. The van der Waals surface area contributed by atoms with Gasteiger partial charge in [-0.25, -0.2) is 8.42 Å². The maximum Gasteiger partial charge on any atom is 0.305 e. The fraction of sp³-hybridized carbons (Fsp3) is 0.750. The van der Waals surface area contributed by atoms with Crippen molar-refractivity contribution in [3.05, 3.63) is 46.9 Å². The van der Waals surface area contributed by atoms with Gasteiger partial charge in [-0.2, -0.15) is 4.57 Å². The lowest BCUT2D eigenvalue weighted by Gasteiger charge is -2.11. The van der Waals surface area contributed by atoms with E-state index in [4.69, 9.17) is 14.2 Å². The van der Waals surface area contributed by atoms with Crippen LogP contribution in [0.15, 0.2) is 46.2 Å². The van der Waals surface area contributed by atoms with Crippen molar-refractivity contribution in [2.24, 2.45) is 5.92 Å². The van der Waals surface area contributed by atoms with E-state index in [9.17, 15) is 17.8 Å². The molecule has 2 aromatic rings. The standard InChI is InChI=1S/C33H60NO4S.C7H8O3S/c1-2-3-4-5-6-7-8-9-10-11-12-13-14-15-16-20-24-36-27-31-26-32(37-28-31)29-38-33(35)21-18-17-19-22-34-23-25-39-30-34;1-6-2-4-7(5-3-6)11(8,9)10/h23,25,30-32H,2-22,24,26-29H2,1H3;2-5H,1H3,(H,8,9,10)/q+1;/p-1/t31-,32-;/m0./s1. The molecule has 10 heteroatoms. The van der Waals surface area contributed by atoms with Crippen molar-refractivity contribution in [1.82, 2.24) is 0 Å². The summed E-state index contributed by atoms with van der Waals surface area (Å²) in [5.41, 5.74) is 3.05. The average molecular weight is 738 g/mol. The Morgan fingerprint density at radius 2 is 1.42 bits per heavy atom. The molecule has 0 amide bonds. The van der Waals surface area contributed by atoms with Crippen LogP contribution in [0.5, 0.6) is 0 Å². The molecule has 1 aromatic carbocycles. The van der Waals surface area contributed by atoms with Gasteiger partial charge in [0.2, 0.25) is 5.51 Å². The van der Waals surface area contributed by atoms with E-state index in [1.807, 2.05) is 6.92 Å². The summed E-state index contributed by atoms with van der Waals surface area (Å²) in [5, 5.41) is 2.08. The number of ether oxygens (including phenoxy) is 3. The normalized spacial score (nSPS) is 15.9. The molecular formula is C40H67NO7S2. The van der Waals surface area contributed by atoms with Gasteiger partial charge in [-0.3, -0.25) is 4.79 Å². The number of unbranched alkanes of at least 4 members (excludes halogenated alkanes) is 17. The largest absolute Gasteiger partial charge is 0.744 e. The van der Waals surface area contributed by atoms with Gasteiger partial charge in [0.05, 0.1) is 29.6 Å². The quantitative estimate of drug-likeness (QED) is 0.0371. The first kappa shape index (κ1) is 44.3. The molecular weight excluding hydrogens is 671 g/mol. The van der Waals surface area contributed by atoms with Gasteiger partial charge >= 0.3 is 5.97 Å². The molecule has 0 unspecified atom stereocenters. The number of rotatable bonds is 28. The summed E-state index contributed by atoms with van der Waals surface area (Å²) in [6, 6.07) is 5.78. The van der Waals surface area contributed by atoms with E-state index >= 15 is 0 Å². The highest BCUT2D eigenvalue weighted by atomic mass is 32.2. The van der Waals surface area contributed by atoms with Crippen molar-refractivity contribution in [2.75, 3.05) is 26.4 Å². The van der Waals surface area contributed by atoms with Crippen LogP contribution in [-0.4, -0.2) is 51.5 Å². The minimum atomic E-state index is -4.27. The Bertz CT molecular complexity index is 1190. The molecule has 1 saturated heterocycles. The van der Waals surface area contributed by atoms with Crippen LogP contribution in [0.3, 0.4) is 0 Å². The van der Waals surface area contributed by atoms with Crippen LogP contribution in [0.25, 0.3) is 0 Å². The molecule has 0 spiro atoms. The molecule has 8 nitrogen and oxygen atoms in total. The van der Waals surface area contributed by atoms with E-state index in [2.05, 4.69) is 28.6 Å². The molecule has 50 heavy (non-hydrogen) atoms. The molecule has 0 aliphatic carbocycles. The van der Waals surface area contributed by atoms with Crippen LogP contribution >= 0.6 is 11.3 Å². The maximum atomic E-state index is 12.0. The molecule has 1 aliphatic heterocycles. The van der Waals surface area contributed by atoms with Gasteiger partial charge in [0.15, 0.2) is 6.20 Å². The SMILES string of the molecule is CCCCCCCCCCCCCCCCCCOC[C@H]1CO[C@H](COC(=O)CCCCC[n+]2ccsc2)C1.Cc1ccc(S(=O)(=O)[O-])cc1. The number of benzene rings is 1. The molecule has 286 valence electrons. The lowest BCUT2D eigenvalue weighted by atomic mass is 10.0. The van der Waals surface area contributed by atoms with Crippen molar-refractivity contribution in [3.8, 4) is 0 Å². The molecule has 0 saturated carbocycles. The molecule has 2 atom stereocenters. The molecule has 0 N–H and O–H groups in total. The van der Waals surface area contributed by atoms with E-state index < -0.39 is 10.1 Å². The third kappa shape index (κ3) is 23.6. The number of thiazole rings is 1. The predicted molar refractivity (Wildman–Crippen MR) is 201 cm³/mol. The lowest BCUT2D eigenvalue weighted by Crippen LogP contribution is -2.29. The topological polar surface area (TPSA) is 106 Å². The van der Waals surface area contributed by atoms with Crippen LogP contribution in [-0.2, 0) is 35.7 Å². The monoisotopic (exact) mass is 737 g/mol. The molecule has 1 aromatic heterocycles. The summed E-state index contributed by atoms with van der Waals surface area (Å²) in [5.74, 6) is 0.342. The summed E-state index contributed by atoms with van der Waals surface area (Å²) in [7, 11) is -4.27. The predicted octanol–water partition coefficient (Wildman–Crippen LogP) is 9.72. The lowest BCUT2D eigenvalue weighted by molar-refractivity contribution is -0.692. The minimum absolute atomic E-state index is 0.0353. The number of esters is 1. The smallest absolute Gasteiger partial charge is 0.305 e. The molecule has 0 bridgehead atoms. The van der Waals surface area contributed by atoms with Crippen molar-refractivity contribution in [3.63, 3.8) is 0 Å². The van der Waals surface area contributed by atoms with E-state index in [0.29, 0.717) is 18.9 Å². The second kappa shape index (κ2) is 28.7. The third-order valence-corrected chi connectivity index (χ3v) is 10.7. The number of carbonyl (C=O) groups is 1. The van der Waals surface area contributed by atoms with Gasteiger partial charge < -0.3 is 18.8 Å². The number of hydrogen-bond acceptors (Lipinski definition) is 8. The highest BCUT2D eigenvalue weighted by molar-refractivity contribution is 7.85. The Balaban J connectivity index is 0.000000666. The summed E-state index contributed by atoms with van der Waals surface area (Å²) in [4.78, 5) is 11.8. The summed E-state index contributed by atoms with van der Waals surface area (Å²) >= 11 is 1.71. The Morgan fingerprint density at radius 1 is 0.840 bits per heavy atom. The molecule has 3 rings (SSSR count). The van der Waals surface area contributed by atoms with Gasteiger partial charge in [0.25, 0.3) is 0 Å². The number of nitrogens with zero attached hydrogens (tertiary/aromatic N) is 1. The fourth-order valence-electron chi connectivity index (χ4n) is 6.11. The molecule has 1 aliphatic rings. The van der Waals surface area contributed by atoms with Gasteiger partial charge in [0.1, 0.15) is 23.3 Å². The Morgan fingerprint density at radius 3 is 1.98 bits per heavy atom. The van der Waals surface area contributed by atoms with Crippen LogP contribution in [0.2, 0.25) is 0 Å². The second-order valence-corrected chi connectivity index (χ2v) is 16.1. The van der Waals surface area contributed by atoms with Gasteiger partial charge in [-0.15, -0.1) is 0 Å². The van der Waals surface area contributed by atoms with Crippen LogP contribution < -0.4 is 4.57 Å². The zero-order valence-electron chi connectivity index (χ0n) is 31.2. The summed E-state index contributed by atoms with van der Waals surface area (Å²) < 4.78 is 50.6. The number of hydrogen-bond donors (Lipinski definition) is 0. The summed E-state index contributed by atoms with van der Waals surface area (Å²) in [6.07, 6.45) is 28.9. The summed E-state index contributed by atoms with van der Waals surface area (Å²) in [6.45, 7) is 7.88. The first-order chi connectivity index (χ1) is 24.3. The highest BCUT2D eigenvalue weighted by Gasteiger charge is 2.26. The number of carbonyl (C=O) groups excluding carboxylic acids is 1. The molecule has 2 heterocycles. The van der Waals surface area contributed by atoms with Gasteiger partial charge in [-0.05, 0) is 44.7 Å². The Kier molecular flexibility index (Phi) is 25.4.